The zero-order valence-electron chi connectivity index (χ0n) is 12.9. The van der Waals surface area contributed by atoms with Crippen LogP contribution in [0.15, 0.2) is 24.3 Å². The summed E-state index contributed by atoms with van der Waals surface area (Å²) in [7, 11) is 0. The monoisotopic (exact) mass is 276 g/mol. The molecule has 0 spiro atoms. The highest BCUT2D eigenvalue weighted by Gasteiger charge is 2.23. The smallest absolute Gasteiger partial charge is 0.122 e. The molecule has 1 saturated heterocycles. The van der Waals surface area contributed by atoms with E-state index >= 15 is 0 Å². The number of epoxide rings is 1. The third kappa shape index (κ3) is 5.16. The van der Waals surface area contributed by atoms with E-state index in [4.69, 9.17) is 9.47 Å². The van der Waals surface area contributed by atoms with Crippen LogP contribution in [0.5, 0.6) is 5.75 Å². The first-order chi connectivity index (χ1) is 9.81. The minimum absolute atomic E-state index is 0.326. The van der Waals surface area contributed by atoms with Gasteiger partial charge in [-0.25, -0.2) is 0 Å². The van der Waals surface area contributed by atoms with Gasteiger partial charge in [-0.3, -0.25) is 0 Å². The number of hydrogen-bond acceptors (Lipinski definition) is 2. The van der Waals surface area contributed by atoms with Crippen molar-refractivity contribution in [2.24, 2.45) is 0 Å². The van der Waals surface area contributed by atoms with Gasteiger partial charge < -0.3 is 9.47 Å². The van der Waals surface area contributed by atoms with E-state index in [-0.39, 0.29) is 0 Å². The molecule has 0 amide bonds. The fourth-order valence-electron chi connectivity index (χ4n) is 2.58. The molecule has 2 rings (SSSR count). The Bertz CT molecular complexity index is 385. The second-order valence-electron chi connectivity index (χ2n) is 5.91. The number of rotatable bonds is 10. The number of hydrogen-bond donors (Lipinski definition) is 0. The fraction of sp³-hybridized carbons (Fsp3) is 0.667. The van der Waals surface area contributed by atoms with Crippen LogP contribution in [0.25, 0.3) is 0 Å². The van der Waals surface area contributed by atoms with Gasteiger partial charge in [-0.05, 0) is 24.0 Å². The van der Waals surface area contributed by atoms with Crippen LogP contribution in [-0.2, 0) is 4.74 Å². The van der Waals surface area contributed by atoms with Crippen molar-refractivity contribution in [1.29, 1.82) is 0 Å². The highest BCUT2D eigenvalue weighted by atomic mass is 16.6. The molecule has 1 fully saturated rings. The average Bonchev–Trinajstić information content (AvgIpc) is 3.29. The van der Waals surface area contributed by atoms with Gasteiger partial charge in [0, 0.05) is 0 Å². The molecule has 112 valence electrons. The van der Waals surface area contributed by atoms with E-state index in [0.29, 0.717) is 18.6 Å². The molecule has 2 heteroatoms. The Balaban J connectivity index is 1.79. The Morgan fingerprint density at radius 3 is 2.70 bits per heavy atom. The lowest BCUT2D eigenvalue weighted by molar-refractivity contribution is 0.260. The Morgan fingerprint density at radius 1 is 1.20 bits per heavy atom. The minimum Gasteiger partial charge on any atom is -0.490 e. The third-order valence-corrected chi connectivity index (χ3v) is 4.02. The second-order valence-corrected chi connectivity index (χ2v) is 5.91. The zero-order chi connectivity index (χ0) is 14.2. The summed E-state index contributed by atoms with van der Waals surface area (Å²) < 4.78 is 11.1. The lowest BCUT2D eigenvalue weighted by atomic mass is 9.94. The van der Waals surface area contributed by atoms with E-state index in [1.165, 1.54) is 44.1 Å². The summed E-state index contributed by atoms with van der Waals surface area (Å²) in [6.45, 7) is 6.13. The third-order valence-electron chi connectivity index (χ3n) is 4.02. The molecular weight excluding hydrogens is 248 g/mol. The molecule has 1 aromatic carbocycles. The van der Waals surface area contributed by atoms with Crippen molar-refractivity contribution in [3.63, 3.8) is 0 Å². The van der Waals surface area contributed by atoms with Crippen molar-refractivity contribution in [3.8, 4) is 5.75 Å². The maximum atomic E-state index is 5.90. The van der Waals surface area contributed by atoms with Crippen molar-refractivity contribution in [2.45, 2.75) is 64.4 Å². The lowest BCUT2D eigenvalue weighted by Gasteiger charge is -2.16. The van der Waals surface area contributed by atoms with Gasteiger partial charge in [0.25, 0.3) is 0 Å². The molecule has 0 saturated carbocycles. The van der Waals surface area contributed by atoms with Crippen LogP contribution in [0.4, 0.5) is 0 Å². The van der Waals surface area contributed by atoms with Crippen LogP contribution in [0.1, 0.15) is 63.9 Å². The molecule has 1 aliphatic heterocycles. The number of unbranched alkanes of at least 4 members (excludes halogenated alkanes) is 4. The van der Waals surface area contributed by atoms with Crippen LogP contribution in [-0.4, -0.2) is 19.3 Å². The fourth-order valence-corrected chi connectivity index (χ4v) is 2.58. The van der Waals surface area contributed by atoms with Gasteiger partial charge in [-0.1, -0.05) is 64.2 Å². The van der Waals surface area contributed by atoms with Gasteiger partial charge in [0.05, 0.1) is 6.61 Å². The predicted octanol–water partition coefficient (Wildman–Crippen LogP) is 4.93. The SMILES string of the molecule is CCCCCCCC(C)c1ccccc1OCC1CO1. The summed E-state index contributed by atoms with van der Waals surface area (Å²) in [6.07, 6.45) is 8.32. The first-order valence-electron chi connectivity index (χ1n) is 8.14. The molecule has 20 heavy (non-hydrogen) atoms. The molecule has 1 aliphatic rings. The normalized spacial score (nSPS) is 18.8. The summed E-state index contributed by atoms with van der Waals surface area (Å²) in [4.78, 5) is 0. The van der Waals surface area contributed by atoms with Crippen LogP contribution < -0.4 is 4.74 Å². The van der Waals surface area contributed by atoms with Gasteiger partial charge in [-0.15, -0.1) is 0 Å². The molecule has 2 unspecified atom stereocenters. The predicted molar refractivity (Wildman–Crippen MR) is 83.5 cm³/mol. The van der Waals surface area contributed by atoms with Crippen LogP contribution in [0, 0.1) is 0 Å². The molecule has 2 nitrogen and oxygen atoms in total. The van der Waals surface area contributed by atoms with Crippen molar-refractivity contribution < 1.29 is 9.47 Å². The molecule has 1 heterocycles. The molecule has 0 bridgehead atoms. The van der Waals surface area contributed by atoms with Gasteiger partial charge in [0.15, 0.2) is 0 Å². The summed E-state index contributed by atoms with van der Waals surface area (Å²) in [5.41, 5.74) is 1.35. The quantitative estimate of drug-likeness (QED) is 0.446. The largest absolute Gasteiger partial charge is 0.490 e. The Morgan fingerprint density at radius 2 is 1.95 bits per heavy atom. The number of benzene rings is 1. The lowest BCUT2D eigenvalue weighted by Crippen LogP contribution is -2.07. The van der Waals surface area contributed by atoms with E-state index in [9.17, 15) is 0 Å². The molecule has 0 N–H and O–H groups in total. The molecule has 0 aliphatic carbocycles. The van der Waals surface area contributed by atoms with E-state index < -0.39 is 0 Å². The highest BCUT2D eigenvalue weighted by molar-refractivity contribution is 5.36. The molecular formula is C18H28O2. The second kappa shape index (κ2) is 8.31. The van der Waals surface area contributed by atoms with E-state index in [1.54, 1.807) is 0 Å². The van der Waals surface area contributed by atoms with Crippen molar-refractivity contribution in [1.82, 2.24) is 0 Å². The van der Waals surface area contributed by atoms with Crippen molar-refractivity contribution >= 4 is 0 Å². The Labute approximate surface area is 123 Å². The van der Waals surface area contributed by atoms with Gasteiger partial charge in [-0.2, -0.15) is 0 Å². The van der Waals surface area contributed by atoms with E-state index in [2.05, 4.69) is 38.1 Å². The van der Waals surface area contributed by atoms with Crippen molar-refractivity contribution in [3.05, 3.63) is 29.8 Å². The van der Waals surface area contributed by atoms with Gasteiger partial charge in [0.2, 0.25) is 0 Å². The Hall–Kier alpha value is -1.02. The van der Waals surface area contributed by atoms with Crippen LogP contribution in [0.2, 0.25) is 0 Å². The first-order valence-corrected chi connectivity index (χ1v) is 8.14. The summed E-state index contributed by atoms with van der Waals surface area (Å²) in [6, 6.07) is 8.47. The summed E-state index contributed by atoms with van der Waals surface area (Å²) in [5.74, 6) is 1.62. The number of para-hydroxylation sites is 1. The zero-order valence-corrected chi connectivity index (χ0v) is 12.9. The van der Waals surface area contributed by atoms with Crippen LogP contribution in [0.3, 0.4) is 0 Å². The van der Waals surface area contributed by atoms with Crippen molar-refractivity contribution in [2.75, 3.05) is 13.2 Å². The highest BCUT2D eigenvalue weighted by Crippen LogP contribution is 2.30. The molecule has 2 atom stereocenters. The standard InChI is InChI=1S/C18H28O2/c1-3-4-5-6-7-10-15(2)17-11-8-9-12-18(17)20-14-16-13-19-16/h8-9,11-12,15-16H,3-7,10,13-14H2,1-2H3. The van der Waals surface area contributed by atoms with Gasteiger partial charge in [0.1, 0.15) is 18.5 Å². The van der Waals surface area contributed by atoms with E-state index in [1.807, 2.05) is 0 Å². The first kappa shape index (κ1) is 15.4. The maximum Gasteiger partial charge on any atom is 0.122 e. The maximum absolute atomic E-state index is 5.90. The van der Waals surface area contributed by atoms with Gasteiger partial charge >= 0.3 is 0 Å². The molecule has 0 radical (unpaired) electrons. The molecule has 1 aromatic rings. The summed E-state index contributed by atoms with van der Waals surface area (Å²) >= 11 is 0. The van der Waals surface area contributed by atoms with E-state index in [0.717, 1.165) is 12.4 Å². The average molecular weight is 276 g/mol. The molecule has 0 aromatic heterocycles. The topological polar surface area (TPSA) is 21.8 Å². The van der Waals surface area contributed by atoms with Crippen LogP contribution >= 0.6 is 0 Å². The Kier molecular flexibility index (Phi) is 6.38. The minimum atomic E-state index is 0.326. The summed E-state index contributed by atoms with van der Waals surface area (Å²) in [5, 5.41) is 0. The number of ether oxygens (including phenoxy) is 2.